The predicted molar refractivity (Wildman–Crippen MR) is 75.0 cm³/mol. The molecule has 102 valence electrons. The molecule has 0 aliphatic heterocycles. The van der Waals surface area contributed by atoms with Crippen molar-refractivity contribution in [3.8, 4) is 11.8 Å². The SMILES string of the molecule is O=C(Nc1ccc(C#CCCO)c(F)c1)c1cncs1. The highest BCUT2D eigenvalue weighted by molar-refractivity contribution is 7.11. The van der Waals surface area contributed by atoms with Crippen molar-refractivity contribution in [3.63, 3.8) is 0 Å². The number of nitrogens with one attached hydrogen (secondary N) is 1. The molecular formula is C14H11FN2O2S. The summed E-state index contributed by atoms with van der Waals surface area (Å²) in [5.41, 5.74) is 2.14. The minimum Gasteiger partial charge on any atom is -0.395 e. The summed E-state index contributed by atoms with van der Waals surface area (Å²) < 4.78 is 13.7. The molecule has 6 heteroatoms. The maximum absolute atomic E-state index is 13.7. The molecule has 0 atom stereocenters. The van der Waals surface area contributed by atoms with Crippen molar-refractivity contribution in [2.75, 3.05) is 11.9 Å². The van der Waals surface area contributed by atoms with Crippen LogP contribution in [0.1, 0.15) is 21.7 Å². The van der Waals surface area contributed by atoms with Crippen LogP contribution in [0.5, 0.6) is 0 Å². The van der Waals surface area contributed by atoms with Crippen LogP contribution in [0.4, 0.5) is 10.1 Å². The molecule has 0 bridgehead atoms. The highest BCUT2D eigenvalue weighted by Gasteiger charge is 2.09. The number of aliphatic hydroxyl groups is 1. The fraction of sp³-hybridized carbons (Fsp3) is 0.143. The van der Waals surface area contributed by atoms with E-state index in [4.69, 9.17) is 5.11 Å². The van der Waals surface area contributed by atoms with E-state index in [1.54, 1.807) is 11.6 Å². The molecule has 1 aromatic carbocycles. The van der Waals surface area contributed by atoms with Gasteiger partial charge in [0, 0.05) is 12.1 Å². The van der Waals surface area contributed by atoms with E-state index >= 15 is 0 Å². The average Bonchev–Trinajstić information content (AvgIpc) is 2.95. The number of benzene rings is 1. The minimum absolute atomic E-state index is 0.0579. The fourth-order valence-electron chi connectivity index (χ4n) is 1.43. The van der Waals surface area contributed by atoms with Gasteiger partial charge in [-0.05, 0) is 18.2 Å². The molecule has 0 spiro atoms. The summed E-state index contributed by atoms with van der Waals surface area (Å²) in [5, 5.41) is 11.2. The van der Waals surface area contributed by atoms with E-state index in [0.717, 1.165) is 0 Å². The molecule has 1 heterocycles. The van der Waals surface area contributed by atoms with Crippen molar-refractivity contribution in [1.82, 2.24) is 4.98 Å². The average molecular weight is 290 g/mol. The number of nitrogens with zero attached hydrogens (tertiary/aromatic N) is 1. The van der Waals surface area contributed by atoms with Crippen molar-refractivity contribution in [3.05, 3.63) is 46.2 Å². The highest BCUT2D eigenvalue weighted by atomic mass is 32.1. The summed E-state index contributed by atoms with van der Waals surface area (Å²) in [7, 11) is 0. The highest BCUT2D eigenvalue weighted by Crippen LogP contribution is 2.16. The van der Waals surface area contributed by atoms with Gasteiger partial charge < -0.3 is 10.4 Å². The molecule has 0 saturated carbocycles. The Morgan fingerprint density at radius 3 is 3.00 bits per heavy atom. The van der Waals surface area contributed by atoms with Crippen LogP contribution in [-0.2, 0) is 0 Å². The van der Waals surface area contributed by atoms with Gasteiger partial charge in [0.25, 0.3) is 5.91 Å². The zero-order valence-corrected chi connectivity index (χ0v) is 11.2. The van der Waals surface area contributed by atoms with Crippen molar-refractivity contribution in [1.29, 1.82) is 0 Å². The topological polar surface area (TPSA) is 62.2 Å². The largest absolute Gasteiger partial charge is 0.395 e. The monoisotopic (exact) mass is 290 g/mol. The second kappa shape index (κ2) is 6.80. The number of hydrogen-bond donors (Lipinski definition) is 2. The van der Waals surface area contributed by atoms with E-state index in [1.165, 1.54) is 29.7 Å². The first-order valence-corrected chi connectivity index (χ1v) is 6.68. The maximum atomic E-state index is 13.7. The van der Waals surface area contributed by atoms with Gasteiger partial charge in [-0.1, -0.05) is 11.8 Å². The second-order valence-corrected chi connectivity index (χ2v) is 4.68. The number of aromatic nitrogens is 1. The van der Waals surface area contributed by atoms with Crippen LogP contribution in [0.3, 0.4) is 0 Å². The fourth-order valence-corrected chi connectivity index (χ4v) is 1.94. The molecule has 1 aromatic heterocycles. The quantitative estimate of drug-likeness (QED) is 0.852. The normalized spacial score (nSPS) is 9.70. The summed E-state index contributed by atoms with van der Waals surface area (Å²) in [5.74, 6) is 4.41. The van der Waals surface area contributed by atoms with Crippen LogP contribution in [0, 0.1) is 17.7 Å². The summed E-state index contributed by atoms with van der Waals surface area (Å²) in [4.78, 5) is 16.0. The Morgan fingerprint density at radius 2 is 2.35 bits per heavy atom. The van der Waals surface area contributed by atoms with Gasteiger partial charge in [-0.3, -0.25) is 9.78 Å². The number of carbonyl (C=O) groups is 1. The van der Waals surface area contributed by atoms with E-state index in [2.05, 4.69) is 22.1 Å². The van der Waals surface area contributed by atoms with Crippen LogP contribution in [0.2, 0.25) is 0 Å². The Balaban J connectivity index is 2.10. The van der Waals surface area contributed by atoms with Gasteiger partial charge in [0.05, 0.1) is 23.9 Å². The van der Waals surface area contributed by atoms with Crippen molar-refractivity contribution in [2.24, 2.45) is 0 Å². The molecule has 2 rings (SSSR count). The first-order chi connectivity index (χ1) is 9.70. The lowest BCUT2D eigenvalue weighted by atomic mass is 10.2. The van der Waals surface area contributed by atoms with Gasteiger partial charge in [-0.25, -0.2) is 4.39 Å². The van der Waals surface area contributed by atoms with Gasteiger partial charge in [-0.15, -0.1) is 11.3 Å². The van der Waals surface area contributed by atoms with Crippen molar-refractivity contribution < 1.29 is 14.3 Å². The number of rotatable bonds is 3. The van der Waals surface area contributed by atoms with E-state index in [1.807, 2.05) is 0 Å². The van der Waals surface area contributed by atoms with Gasteiger partial charge in [-0.2, -0.15) is 0 Å². The predicted octanol–water partition coefficient (Wildman–Crippen LogP) is 2.27. The zero-order valence-electron chi connectivity index (χ0n) is 10.4. The third-order valence-electron chi connectivity index (χ3n) is 2.34. The van der Waals surface area contributed by atoms with E-state index in [0.29, 0.717) is 17.0 Å². The molecule has 2 aromatic rings. The maximum Gasteiger partial charge on any atom is 0.267 e. The first-order valence-electron chi connectivity index (χ1n) is 5.80. The van der Waals surface area contributed by atoms with Gasteiger partial charge >= 0.3 is 0 Å². The second-order valence-electron chi connectivity index (χ2n) is 3.79. The van der Waals surface area contributed by atoms with E-state index < -0.39 is 5.82 Å². The smallest absolute Gasteiger partial charge is 0.267 e. The molecule has 0 radical (unpaired) electrons. The lowest BCUT2D eigenvalue weighted by Gasteiger charge is -2.04. The van der Waals surface area contributed by atoms with Gasteiger partial charge in [0.2, 0.25) is 0 Å². The molecule has 1 amide bonds. The summed E-state index contributed by atoms with van der Waals surface area (Å²) in [6, 6.07) is 4.27. The molecule has 0 fully saturated rings. The Kier molecular flexibility index (Phi) is 4.82. The van der Waals surface area contributed by atoms with Crippen LogP contribution < -0.4 is 5.32 Å². The standard InChI is InChI=1S/C14H11FN2O2S/c15-12-7-11(5-4-10(12)3-1-2-6-18)17-14(19)13-8-16-9-20-13/h4-5,7-9,18H,2,6H2,(H,17,19). The lowest BCUT2D eigenvalue weighted by Crippen LogP contribution is -2.10. The molecule has 4 nitrogen and oxygen atoms in total. The Hall–Kier alpha value is -2.23. The number of aliphatic hydroxyl groups excluding tert-OH is 1. The number of amides is 1. The van der Waals surface area contributed by atoms with Crippen LogP contribution in [0.15, 0.2) is 29.9 Å². The van der Waals surface area contributed by atoms with Crippen LogP contribution in [0.25, 0.3) is 0 Å². The summed E-state index contributed by atoms with van der Waals surface area (Å²) in [6.45, 7) is -0.0579. The number of thiazole rings is 1. The molecule has 20 heavy (non-hydrogen) atoms. The third-order valence-corrected chi connectivity index (χ3v) is 3.11. The third kappa shape index (κ3) is 3.63. The minimum atomic E-state index is -0.516. The summed E-state index contributed by atoms with van der Waals surface area (Å²) in [6.07, 6.45) is 1.74. The molecule has 0 aliphatic rings. The Bertz CT molecular complexity index is 660. The number of anilines is 1. The van der Waals surface area contributed by atoms with Crippen LogP contribution >= 0.6 is 11.3 Å². The number of hydrogen-bond acceptors (Lipinski definition) is 4. The van der Waals surface area contributed by atoms with Gasteiger partial charge in [0.15, 0.2) is 0 Å². The number of halogens is 1. The Labute approximate surface area is 119 Å². The van der Waals surface area contributed by atoms with Crippen LogP contribution in [-0.4, -0.2) is 22.6 Å². The first kappa shape index (κ1) is 14.2. The molecule has 0 unspecified atom stereocenters. The number of carbonyl (C=O) groups excluding carboxylic acids is 1. The van der Waals surface area contributed by atoms with Gasteiger partial charge in [0.1, 0.15) is 10.7 Å². The Morgan fingerprint density at radius 1 is 1.50 bits per heavy atom. The van der Waals surface area contributed by atoms with Crippen molar-refractivity contribution in [2.45, 2.75) is 6.42 Å². The van der Waals surface area contributed by atoms with Crippen molar-refractivity contribution >= 4 is 22.9 Å². The van der Waals surface area contributed by atoms with E-state index in [9.17, 15) is 9.18 Å². The molecule has 2 N–H and O–H groups in total. The lowest BCUT2D eigenvalue weighted by molar-refractivity contribution is 0.103. The molecule has 0 saturated heterocycles. The molecular weight excluding hydrogens is 279 g/mol. The van der Waals surface area contributed by atoms with E-state index in [-0.39, 0.29) is 18.1 Å². The summed E-state index contributed by atoms with van der Waals surface area (Å²) >= 11 is 1.21. The molecule has 0 aliphatic carbocycles. The zero-order chi connectivity index (χ0) is 14.4.